The van der Waals surface area contributed by atoms with Crippen LogP contribution < -0.4 is 5.32 Å². The van der Waals surface area contributed by atoms with Crippen molar-refractivity contribution in [1.29, 1.82) is 0 Å². The molecule has 0 radical (unpaired) electrons. The number of sulfonamides is 1. The SMILES string of the molecule is CCN1CCN(Cc2cc(F)c(-n3cnc(-c4nc(NC5CCN(S(C)(=O)=O)CC5F)ncc4C(F)(F)F)c3)c(F)c2)CC1. The van der Waals surface area contributed by atoms with Crippen molar-refractivity contribution in [1.82, 2.24) is 33.6 Å². The zero-order valence-electron chi connectivity index (χ0n) is 24.0. The van der Waals surface area contributed by atoms with Crippen LogP contribution in [0.15, 0.2) is 30.9 Å². The largest absolute Gasteiger partial charge is 0.420 e. The number of benzene rings is 1. The van der Waals surface area contributed by atoms with E-state index < -0.39 is 63.5 Å². The Morgan fingerprint density at radius 1 is 1.02 bits per heavy atom. The van der Waals surface area contributed by atoms with Crippen LogP contribution >= 0.6 is 0 Å². The molecule has 0 saturated carbocycles. The van der Waals surface area contributed by atoms with Crippen molar-refractivity contribution >= 4 is 16.0 Å². The second kappa shape index (κ2) is 12.6. The molecule has 2 atom stereocenters. The van der Waals surface area contributed by atoms with Gasteiger partial charge in [-0.1, -0.05) is 6.92 Å². The third-order valence-electron chi connectivity index (χ3n) is 7.86. The first-order chi connectivity index (χ1) is 20.7. The molecule has 1 aromatic carbocycles. The normalized spacial score (nSPS) is 21.1. The molecule has 0 aliphatic carbocycles. The molecular weight excluding hydrogens is 614 g/mol. The third-order valence-corrected chi connectivity index (χ3v) is 9.13. The molecule has 44 heavy (non-hydrogen) atoms. The van der Waals surface area contributed by atoms with E-state index in [4.69, 9.17) is 0 Å². The van der Waals surface area contributed by atoms with Crippen LogP contribution in [0.2, 0.25) is 0 Å². The van der Waals surface area contributed by atoms with Crippen LogP contribution in [0.3, 0.4) is 0 Å². The maximum absolute atomic E-state index is 15.2. The molecule has 2 unspecified atom stereocenters. The van der Waals surface area contributed by atoms with Crippen LogP contribution in [0.5, 0.6) is 0 Å². The molecule has 0 bridgehead atoms. The number of hydrogen-bond acceptors (Lipinski definition) is 8. The maximum Gasteiger partial charge on any atom is 0.420 e. The van der Waals surface area contributed by atoms with Crippen molar-refractivity contribution < 1.29 is 34.8 Å². The van der Waals surface area contributed by atoms with Gasteiger partial charge in [-0.15, -0.1) is 0 Å². The van der Waals surface area contributed by atoms with Crippen molar-refractivity contribution in [3.8, 4) is 17.1 Å². The summed E-state index contributed by atoms with van der Waals surface area (Å²) in [6, 6.07) is 1.42. The second-order valence-corrected chi connectivity index (χ2v) is 12.9. The van der Waals surface area contributed by atoms with Crippen LogP contribution in [-0.4, -0.2) is 106 Å². The van der Waals surface area contributed by atoms with E-state index in [1.165, 1.54) is 12.1 Å². The molecule has 5 rings (SSSR count). The molecule has 1 N–H and O–H groups in total. The Balaban J connectivity index is 1.38. The van der Waals surface area contributed by atoms with Crippen molar-refractivity contribution in [2.45, 2.75) is 38.3 Å². The fraction of sp³-hybridized carbons (Fsp3) is 0.519. The van der Waals surface area contributed by atoms with Crippen LogP contribution in [0.4, 0.5) is 32.3 Å². The van der Waals surface area contributed by atoms with Gasteiger partial charge in [-0.2, -0.15) is 17.5 Å². The summed E-state index contributed by atoms with van der Waals surface area (Å²) in [5.41, 5.74) is -2.36. The van der Waals surface area contributed by atoms with Gasteiger partial charge >= 0.3 is 6.18 Å². The molecule has 17 heteroatoms. The Labute approximate surface area is 250 Å². The zero-order chi connectivity index (χ0) is 31.8. The van der Waals surface area contributed by atoms with E-state index in [9.17, 15) is 26.0 Å². The van der Waals surface area contributed by atoms with E-state index in [0.717, 1.165) is 60.4 Å². The Hall–Kier alpha value is -3.28. The number of likely N-dealkylation sites (N-methyl/N-ethyl adjacent to an activating group) is 1. The number of imidazole rings is 1. The number of aromatic nitrogens is 4. The van der Waals surface area contributed by atoms with Crippen LogP contribution in [0.1, 0.15) is 24.5 Å². The van der Waals surface area contributed by atoms with E-state index in [1.54, 1.807) is 0 Å². The number of halogens is 6. The molecule has 4 heterocycles. The van der Waals surface area contributed by atoms with E-state index in [1.807, 2.05) is 0 Å². The molecule has 2 aliphatic rings. The van der Waals surface area contributed by atoms with E-state index >= 15 is 8.78 Å². The average Bonchev–Trinajstić information content (AvgIpc) is 3.42. The fourth-order valence-corrected chi connectivity index (χ4v) is 6.26. The lowest BCUT2D eigenvalue weighted by Crippen LogP contribution is -2.49. The maximum atomic E-state index is 15.2. The van der Waals surface area contributed by atoms with Crippen molar-refractivity contribution in [3.63, 3.8) is 0 Å². The standard InChI is InChI=1S/C27H32F6N8O2S/c1-3-38-6-8-39(9-7-38)13-17-10-19(28)25(20(29)11-17)40-15-23(35-16-40)24-18(27(31,32)33)12-34-26(37-24)36-22-4-5-41(14-21(22)30)44(2,42)43/h10-12,15-16,21-22H,3-9,13-14H2,1-2H3,(H,34,36,37). The van der Waals surface area contributed by atoms with Gasteiger partial charge < -0.3 is 14.8 Å². The number of nitrogens with zero attached hydrogens (tertiary/aromatic N) is 7. The number of piperazine rings is 1. The molecule has 2 aromatic heterocycles. The van der Waals surface area contributed by atoms with Gasteiger partial charge in [0.25, 0.3) is 0 Å². The lowest BCUT2D eigenvalue weighted by molar-refractivity contribution is -0.137. The Morgan fingerprint density at radius 3 is 2.27 bits per heavy atom. The molecule has 0 spiro atoms. The van der Waals surface area contributed by atoms with E-state index in [0.29, 0.717) is 18.3 Å². The number of piperidine rings is 1. The first-order valence-corrected chi connectivity index (χ1v) is 15.8. The first kappa shape index (κ1) is 32.1. The predicted molar refractivity (Wildman–Crippen MR) is 150 cm³/mol. The van der Waals surface area contributed by atoms with Gasteiger partial charge in [-0.3, -0.25) is 4.90 Å². The van der Waals surface area contributed by atoms with Gasteiger partial charge in [0, 0.05) is 58.2 Å². The number of alkyl halides is 4. The monoisotopic (exact) mass is 646 g/mol. The third kappa shape index (κ3) is 7.16. The number of hydrogen-bond donors (Lipinski definition) is 1. The molecule has 10 nitrogen and oxygen atoms in total. The molecular formula is C27H32F6N8O2S. The molecule has 0 amide bonds. The summed E-state index contributed by atoms with van der Waals surface area (Å²) in [5.74, 6) is -2.16. The van der Waals surface area contributed by atoms with Gasteiger partial charge in [0.15, 0.2) is 11.6 Å². The number of nitrogens with one attached hydrogen (secondary N) is 1. The van der Waals surface area contributed by atoms with Gasteiger partial charge in [0.2, 0.25) is 16.0 Å². The summed E-state index contributed by atoms with van der Waals surface area (Å²) in [4.78, 5) is 15.9. The summed E-state index contributed by atoms with van der Waals surface area (Å²) >= 11 is 0. The minimum absolute atomic E-state index is 0.000227. The minimum atomic E-state index is -4.90. The summed E-state index contributed by atoms with van der Waals surface area (Å²) in [7, 11) is -3.62. The molecule has 2 aliphatic heterocycles. The number of rotatable bonds is 8. The van der Waals surface area contributed by atoms with Crippen molar-refractivity contribution in [2.75, 3.05) is 57.4 Å². The van der Waals surface area contributed by atoms with Gasteiger partial charge in [-0.25, -0.2) is 36.5 Å². The molecule has 3 aromatic rings. The zero-order valence-corrected chi connectivity index (χ0v) is 24.8. The Morgan fingerprint density at radius 2 is 1.68 bits per heavy atom. The predicted octanol–water partition coefficient (Wildman–Crippen LogP) is 3.55. The van der Waals surface area contributed by atoms with Crippen LogP contribution in [0.25, 0.3) is 17.1 Å². The fourth-order valence-electron chi connectivity index (χ4n) is 5.41. The van der Waals surface area contributed by atoms with Gasteiger partial charge in [0.05, 0.1) is 12.3 Å². The van der Waals surface area contributed by atoms with Gasteiger partial charge in [-0.05, 0) is 30.7 Å². The highest BCUT2D eigenvalue weighted by Gasteiger charge is 2.37. The second-order valence-electron chi connectivity index (χ2n) is 10.9. The van der Waals surface area contributed by atoms with E-state index in [2.05, 4.69) is 37.0 Å². The lowest BCUT2D eigenvalue weighted by atomic mass is 10.1. The van der Waals surface area contributed by atoms with Gasteiger partial charge in [0.1, 0.15) is 35.1 Å². The highest BCUT2D eigenvalue weighted by molar-refractivity contribution is 7.88. The Bertz CT molecular complexity index is 1570. The topological polar surface area (TPSA) is 99.5 Å². The highest BCUT2D eigenvalue weighted by Crippen LogP contribution is 2.36. The summed E-state index contributed by atoms with van der Waals surface area (Å²) in [5, 5.41) is 2.65. The molecule has 240 valence electrons. The summed E-state index contributed by atoms with van der Waals surface area (Å²) in [6.45, 7) is 6.14. The van der Waals surface area contributed by atoms with Crippen molar-refractivity contribution in [2.24, 2.45) is 0 Å². The smallest absolute Gasteiger partial charge is 0.348 e. The van der Waals surface area contributed by atoms with E-state index in [-0.39, 0.29) is 24.6 Å². The summed E-state index contributed by atoms with van der Waals surface area (Å²) in [6.07, 6.45) is -3.09. The number of anilines is 1. The minimum Gasteiger partial charge on any atom is -0.348 e. The van der Waals surface area contributed by atoms with Crippen molar-refractivity contribution in [3.05, 3.63) is 53.6 Å². The highest BCUT2D eigenvalue weighted by atomic mass is 32.2. The quantitative estimate of drug-likeness (QED) is 0.372. The molecule has 2 saturated heterocycles. The lowest BCUT2D eigenvalue weighted by Gasteiger charge is -2.34. The first-order valence-electron chi connectivity index (χ1n) is 14.0. The van der Waals surface area contributed by atoms with Crippen LogP contribution in [-0.2, 0) is 22.7 Å². The van der Waals surface area contributed by atoms with Crippen LogP contribution in [0, 0.1) is 11.6 Å². The average molecular weight is 647 g/mol. The molecule has 2 fully saturated rings. The summed E-state index contributed by atoms with van der Waals surface area (Å²) < 4.78 is 112. The Kier molecular flexibility index (Phi) is 9.21.